The first kappa shape index (κ1) is 11.7. The largest absolute Gasteiger partial charge is 0.393 e. The fourth-order valence-electron chi connectivity index (χ4n) is 1.99. The highest BCUT2D eigenvalue weighted by molar-refractivity contribution is 4.91. The van der Waals surface area contributed by atoms with Crippen molar-refractivity contribution in [2.75, 3.05) is 6.61 Å². The Hall–Kier alpha value is -0.380. The van der Waals surface area contributed by atoms with E-state index in [9.17, 15) is 10.2 Å². The van der Waals surface area contributed by atoms with Crippen LogP contribution < -0.4 is 0 Å². The van der Waals surface area contributed by atoms with Crippen molar-refractivity contribution >= 4 is 0 Å². The average Bonchev–Trinajstić information content (AvgIpc) is 2.18. The first-order valence-corrected chi connectivity index (χ1v) is 5.22. The van der Waals surface area contributed by atoms with Gasteiger partial charge in [-0.2, -0.15) is 0 Å². The maximum absolute atomic E-state index is 9.60. The van der Waals surface area contributed by atoms with Crippen molar-refractivity contribution in [1.82, 2.24) is 0 Å². The summed E-state index contributed by atoms with van der Waals surface area (Å²) in [4.78, 5) is 0. The van der Waals surface area contributed by atoms with E-state index in [0.717, 1.165) is 25.7 Å². The highest BCUT2D eigenvalue weighted by Crippen LogP contribution is 2.32. The number of aliphatic hydroxyl groups is 2. The molecule has 0 aromatic rings. The van der Waals surface area contributed by atoms with E-state index in [1.807, 2.05) is 6.08 Å². The number of aliphatic hydroxyl groups excluding tert-OH is 2. The van der Waals surface area contributed by atoms with Gasteiger partial charge in [0.25, 0.3) is 0 Å². The predicted octanol–water partition coefficient (Wildman–Crippen LogP) is 1.24. The van der Waals surface area contributed by atoms with Crippen molar-refractivity contribution in [1.29, 1.82) is 0 Å². The van der Waals surface area contributed by atoms with E-state index >= 15 is 0 Å². The van der Waals surface area contributed by atoms with Gasteiger partial charge in [-0.3, -0.25) is 0 Å². The van der Waals surface area contributed by atoms with Gasteiger partial charge in [-0.15, -0.1) is 6.58 Å². The monoisotopic (exact) mass is 200 g/mol. The minimum atomic E-state index is -0.744. The molecule has 1 aliphatic rings. The van der Waals surface area contributed by atoms with Crippen molar-refractivity contribution < 1.29 is 14.9 Å². The second kappa shape index (κ2) is 4.91. The molecule has 0 spiro atoms. The highest BCUT2D eigenvalue weighted by atomic mass is 16.5. The zero-order valence-corrected chi connectivity index (χ0v) is 8.78. The highest BCUT2D eigenvalue weighted by Gasteiger charge is 2.40. The van der Waals surface area contributed by atoms with Gasteiger partial charge in [0.15, 0.2) is 0 Å². The zero-order chi connectivity index (χ0) is 10.6. The molecule has 0 unspecified atom stereocenters. The molecule has 1 rings (SSSR count). The predicted molar refractivity (Wildman–Crippen MR) is 55.0 cm³/mol. The lowest BCUT2D eigenvalue weighted by molar-refractivity contribution is -0.194. The minimum absolute atomic E-state index is 0.1000. The van der Waals surface area contributed by atoms with Gasteiger partial charge in [0.05, 0.1) is 18.8 Å². The lowest BCUT2D eigenvalue weighted by Gasteiger charge is -2.42. The van der Waals surface area contributed by atoms with Crippen LogP contribution in [0.15, 0.2) is 12.7 Å². The van der Waals surface area contributed by atoms with E-state index in [-0.39, 0.29) is 12.7 Å². The van der Waals surface area contributed by atoms with Crippen LogP contribution in [0.1, 0.15) is 32.6 Å². The van der Waals surface area contributed by atoms with Crippen molar-refractivity contribution in [3.63, 3.8) is 0 Å². The van der Waals surface area contributed by atoms with E-state index < -0.39 is 11.7 Å². The summed E-state index contributed by atoms with van der Waals surface area (Å²) in [5.74, 6) is 0. The molecule has 0 aromatic heterocycles. The fourth-order valence-corrected chi connectivity index (χ4v) is 1.99. The van der Waals surface area contributed by atoms with E-state index in [4.69, 9.17) is 4.74 Å². The van der Waals surface area contributed by atoms with E-state index in [2.05, 4.69) is 6.58 Å². The van der Waals surface area contributed by atoms with Crippen LogP contribution in [-0.4, -0.2) is 34.6 Å². The molecule has 0 amide bonds. The zero-order valence-electron chi connectivity index (χ0n) is 8.78. The molecule has 3 heteroatoms. The summed E-state index contributed by atoms with van der Waals surface area (Å²) < 4.78 is 5.75. The van der Waals surface area contributed by atoms with Crippen molar-refractivity contribution in [3.8, 4) is 0 Å². The number of ether oxygens (including phenoxy) is 1. The average molecular weight is 200 g/mol. The molecule has 0 aliphatic carbocycles. The van der Waals surface area contributed by atoms with Crippen molar-refractivity contribution in [2.24, 2.45) is 0 Å². The summed E-state index contributed by atoms with van der Waals surface area (Å²) in [5, 5.41) is 18.9. The summed E-state index contributed by atoms with van der Waals surface area (Å²) in [6.45, 7) is 5.23. The van der Waals surface area contributed by atoms with Crippen LogP contribution in [0.4, 0.5) is 0 Å². The van der Waals surface area contributed by atoms with Gasteiger partial charge in [-0.25, -0.2) is 0 Å². The molecule has 1 fully saturated rings. The smallest absolute Gasteiger partial charge is 0.117 e. The first-order chi connectivity index (χ1) is 6.64. The molecular weight excluding hydrogens is 180 g/mol. The van der Waals surface area contributed by atoms with E-state index in [1.54, 1.807) is 6.92 Å². The van der Waals surface area contributed by atoms with E-state index in [1.165, 1.54) is 0 Å². The van der Waals surface area contributed by atoms with Crippen LogP contribution in [0.2, 0.25) is 0 Å². The van der Waals surface area contributed by atoms with Crippen LogP contribution in [0, 0.1) is 0 Å². The van der Waals surface area contributed by atoms with Crippen LogP contribution in [0.3, 0.4) is 0 Å². The third-order valence-electron chi connectivity index (χ3n) is 2.99. The second-order valence-corrected chi connectivity index (χ2v) is 4.06. The van der Waals surface area contributed by atoms with Crippen molar-refractivity contribution in [3.05, 3.63) is 12.7 Å². The van der Waals surface area contributed by atoms with Gasteiger partial charge in [-0.1, -0.05) is 6.08 Å². The third-order valence-corrected chi connectivity index (χ3v) is 2.99. The molecular formula is C11H20O3. The Labute approximate surface area is 85.4 Å². The molecule has 82 valence electrons. The molecule has 0 aromatic carbocycles. The number of rotatable bonds is 4. The van der Waals surface area contributed by atoms with Crippen LogP contribution in [0.5, 0.6) is 0 Å². The Bertz CT molecular complexity index is 191. The SMILES string of the molecule is C=CC[C@@H]1CCC[C@@](CO)([C@@H](C)O)O1. The van der Waals surface area contributed by atoms with Crippen LogP contribution in [-0.2, 0) is 4.74 Å². The summed E-state index contributed by atoms with van der Waals surface area (Å²) in [5.41, 5.74) is -0.744. The summed E-state index contributed by atoms with van der Waals surface area (Å²) >= 11 is 0. The normalized spacial score (nSPS) is 35.2. The van der Waals surface area contributed by atoms with Gasteiger partial charge in [0.1, 0.15) is 5.60 Å². The molecule has 2 N–H and O–H groups in total. The van der Waals surface area contributed by atoms with Gasteiger partial charge >= 0.3 is 0 Å². The Morgan fingerprint density at radius 3 is 2.93 bits per heavy atom. The third kappa shape index (κ3) is 2.35. The Kier molecular flexibility index (Phi) is 4.11. The Morgan fingerprint density at radius 1 is 1.71 bits per heavy atom. The molecule has 1 aliphatic heterocycles. The maximum Gasteiger partial charge on any atom is 0.117 e. The topological polar surface area (TPSA) is 49.7 Å². The van der Waals surface area contributed by atoms with Gasteiger partial charge in [0.2, 0.25) is 0 Å². The lowest BCUT2D eigenvalue weighted by atomic mass is 9.87. The molecule has 14 heavy (non-hydrogen) atoms. The van der Waals surface area contributed by atoms with E-state index in [0.29, 0.717) is 0 Å². The van der Waals surface area contributed by atoms with Crippen molar-refractivity contribution in [2.45, 2.75) is 50.4 Å². The van der Waals surface area contributed by atoms with Gasteiger partial charge < -0.3 is 14.9 Å². The molecule has 0 saturated carbocycles. The second-order valence-electron chi connectivity index (χ2n) is 4.06. The van der Waals surface area contributed by atoms with Crippen LogP contribution in [0.25, 0.3) is 0 Å². The molecule has 3 atom stereocenters. The molecule has 1 saturated heterocycles. The maximum atomic E-state index is 9.60. The van der Waals surface area contributed by atoms with Crippen LogP contribution >= 0.6 is 0 Å². The quantitative estimate of drug-likeness (QED) is 0.671. The Balaban J connectivity index is 2.63. The van der Waals surface area contributed by atoms with Gasteiger partial charge in [-0.05, 0) is 32.6 Å². The number of hydrogen-bond donors (Lipinski definition) is 2. The molecule has 1 heterocycles. The molecule has 0 bridgehead atoms. The molecule has 0 radical (unpaired) electrons. The Morgan fingerprint density at radius 2 is 2.43 bits per heavy atom. The number of hydrogen-bond acceptors (Lipinski definition) is 3. The minimum Gasteiger partial charge on any atom is -0.393 e. The lowest BCUT2D eigenvalue weighted by Crippen LogP contribution is -2.51. The molecule has 3 nitrogen and oxygen atoms in total. The fraction of sp³-hybridized carbons (Fsp3) is 0.818. The van der Waals surface area contributed by atoms with Gasteiger partial charge in [0, 0.05) is 0 Å². The summed E-state index contributed by atoms with van der Waals surface area (Å²) in [6.07, 6.45) is 4.79. The standard InChI is InChI=1S/C11H20O3/c1-3-5-10-6-4-7-11(8-12,14-10)9(2)13/h3,9-10,12-13H,1,4-8H2,2H3/t9-,10-,11-/m1/s1. The summed E-state index contributed by atoms with van der Waals surface area (Å²) in [6, 6.07) is 0. The summed E-state index contributed by atoms with van der Waals surface area (Å²) in [7, 11) is 0. The first-order valence-electron chi connectivity index (χ1n) is 5.22.